The lowest BCUT2D eigenvalue weighted by Crippen LogP contribution is -2.14. The average molecular weight is 415 g/mol. The van der Waals surface area contributed by atoms with Crippen LogP contribution in [0, 0.1) is 5.82 Å². The number of carbonyl (C=O) groups is 1. The molecule has 2 aromatic carbocycles. The van der Waals surface area contributed by atoms with Gasteiger partial charge in [-0.1, -0.05) is 28.6 Å². The summed E-state index contributed by atoms with van der Waals surface area (Å²) in [6.07, 6.45) is 1.38. The second-order valence-corrected chi connectivity index (χ2v) is 7.07. The summed E-state index contributed by atoms with van der Waals surface area (Å²) in [4.78, 5) is 20.6. The number of benzene rings is 2. The van der Waals surface area contributed by atoms with Gasteiger partial charge in [-0.3, -0.25) is 4.79 Å². The molecule has 4 aromatic rings. The molecule has 0 saturated carbocycles. The first-order valence-corrected chi connectivity index (χ1v) is 9.47. The third kappa shape index (κ3) is 3.95. The number of carbonyl (C=O) groups excluding carboxylic acids is 1. The smallest absolute Gasteiger partial charge is 0.234 e. The van der Waals surface area contributed by atoms with Crippen LogP contribution in [0.25, 0.3) is 16.9 Å². The van der Waals surface area contributed by atoms with E-state index in [2.05, 4.69) is 25.6 Å². The van der Waals surface area contributed by atoms with Crippen molar-refractivity contribution in [3.8, 4) is 5.69 Å². The summed E-state index contributed by atoms with van der Waals surface area (Å²) >= 11 is 7.06. The fourth-order valence-electron chi connectivity index (χ4n) is 2.45. The summed E-state index contributed by atoms with van der Waals surface area (Å²) < 4.78 is 14.6. The van der Waals surface area contributed by atoms with Crippen LogP contribution in [-0.4, -0.2) is 36.6 Å². The first kappa shape index (κ1) is 18.3. The van der Waals surface area contributed by atoms with Crippen molar-refractivity contribution in [2.75, 3.05) is 11.1 Å². The van der Waals surface area contributed by atoms with E-state index in [1.165, 1.54) is 34.9 Å². The number of hydrogen-bond donors (Lipinski definition) is 1. The highest BCUT2D eigenvalue weighted by atomic mass is 35.5. The largest absolute Gasteiger partial charge is 0.325 e. The standard InChI is InChI=1S/C18H12ClFN6OS/c19-11-1-5-13(6-2-11)23-15(27)9-28-18-16-17(21-10-22-18)26(25-24-16)14-7-3-12(20)4-8-14/h1-8,10H,9H2,(H,23,27). The lowest BCUT2D eigenvalue weighted by Gasteiger charge is -2.05. The van der Waals surface area contributed by atoms with Gasteiger partial charge in [0.15, 0.2) is 11.2 Å². The fraction of sp³-hybridized carbons (Fsp3) is 0.0556. The SMILES string of the molecule is O=C(CSc1ncnc2c1nnn2-c1ccc(F)cc1)Nc1ccc(Cl)cc1. The van der Waals surface area contributed by atoms with Crippen molar-refractivity contribution in [2.24, 2.45) is 0 Å². The Morgan fingerprint density at radius 2 is 1.86 bits per heavy atom. The van der Waals surface area contributed by atoms with Crippen molar-refractivity contribution in [1.82, 2.24) is 25.0 Å². The fourth-order valence-corrected chi connectivity index (χ4v) is 3.31. The first-order chi connectivity index (χ1) is 13.6. The van der Waals surface area contributed by atoms with Crippen LogP contribution >= 0.6 is 23.4 Å². The Labute approximate surface area is 167 Å². The second-order valence-electron chi connectivity index (χ2n) is 5.67. The van der Waals surface area contributed by atoms with E-state index in [-0.39, 0.29) is 17.5 Å². The van der Waals surface area contributed by atoms with Crippen LogP contribution in [0.3, 0.4) is 0 Å². The molecule has 140 valence electrons. The van der Waals surface area contributed by atoms with Gasteiger partial charge in [-0.05, 0) is 48.5 Å². The maximum absolute atomic E-state index is 13.1. The summed E-state index contributed by atoms with van der Waals surface area (Å²) in [5.41, 5.74) is 2.22. The van der Waals surface area contributed by atoms with Gasteiger partial charge in [-0.25, -0.2) is 14.4 Å². The summed E-state index contributed by atoms with van der Waals surface area (Å²) in [7, 11) is 0. The number of aromatic nitrogens is 5. The topological polar surface area (TPSA) is 85.6 Å². The molecule has 0 atom stereocenters. The number of amides is 1. The average Bonchev–Trinajstić information content (AvgIpc) is 3.13. The quantitative estimate of drug-likeness (QED) is 0.395. The monoisotopic (exact) mass is 414 g/mol. The second kappa shape index (κ2) is 7.91. The van der Waals surface area contributed by atoms with E-state index >= 15 is 0 Å². The van der Waals surface area contributed by atoms with Gasteiger partial charge in [0.1, 0.15) is 17.2 Å². The van der Waals surface area contributed by atoms with Crippen molar-refractivity contribution in [3.63, 3.8) is 0 Å². The van der Waals surface area contributed by atoms with E-state index in [1.54, 1.807) is 36.4 Å². The molecule has 0 fully saturated rings. The van der Waals surface area contributed by atoms with E-state index in [0.717, 1.165) is 0 Å². The Morgan fingerprint density at radius 1 is 1.11 bits per heavy atom. The molecule has 7 nitrogen and oxygen atoms in total. The molecule has 0 saturated heterocycles. The predicted molar refractivity (Wildman–Crippen MR) is 105 cm³/mol. The highest BCUT2D eigenvalue weighted by molar-refractivity contribution is 8.00. The number of nitrogens with zero attached hydrogens (tertiary/aromatic N) is 5. The van der Waals surface area contributed by atoms with Gasteiger partial charge in [0.05, 0.1) is 11.4 Å². The molecule has 0 aliphatic rings. The Morgan fingerprint density at radius 3 is 2.61 bits per heavy atom. The number of halogens is 2. The van der Waals surface area contributed by atoms with Crippen molar-refractivity contribution in [3.05, 3.63) is 65.7 Å². The van der Waals surface area contributed by atoms with Gasteiger partial charge in [0.25, 0.3) is 0 Å². The molecular formula is C18H12ClFN6OS. The Balaban J connectivity index is 1.50. The zero-order valence-corrected chi connectivity index (χ0v) is 15.8. The summed E-state index contributed by atoms with van der Waals surface area (Å²) in [6, 6.07) is 12.7. The lowest BCUT2D eigenvalue weighted by molar-refractivity contribution is -0.113. The highest BCUT2D eigenvalue weighted by Gasteiger charge is 2.15. The lowest BCUT2D eigenvalue weighted by atomic mass is 10.3. The molecule has 0 aliphatic carbocycles. The molecule has 0 spiro atoms. The van der Waals surface area contributed by atoms with Crippen LogP contribution < -0.4 is 5.32 Å². The van der Waals surface area contributed by atoms with Crippen LogP contribution in [0.1, 0.15) is 0 Å². The maximum atomic E-state index is 13.1. The van der Waals surface area contributed by atoms with Gasteiger partial charge >= 0.3 is 0 Å². The van der Waals surface area contributed by atoms with Crippen LogP contribution in [0.4, 0.5) is 10.1 Å². The number of nitrogens with one attached hydrogen (secondary N) is 1. The van der Waals surface area contributed by atoms with Gasteiger partial charge < -0.3 is 5.32 Å². The number of fused-ring (bicyclic) bond motifs is 1. The Kier molecular flexibility index (Phi) is 5.18. The highest BCUT2D eigenvalue weighted by Crippen LogP contribution is 2.24. The molecule has 1 N–H and O–H groups in total. The van der Waals surface area contributed by atoms with Crippen LogP contribution in [0.5, 0.6) is 0 Å². The zero-order valence-electron chi connectivity index (χ0n) is 14.2. The van der Waals surface area contributed by atoms with E-state index in [9.17, 15) is 9.18 Å². The van der Waals surface area contributed by atoms with Gasteiger partial charge in [-0.15, -0.1) is 5.10 Å². The molecule has 0 bridgehead atoms. The van der Waals surface area contributed by atoms with Crippen LogP contribution in [0.2, 0.25) is 5.02 Å². The van der Waals surface area contributed by atoms with Gasteiger partial charge in [-0.2, -0.15) is 4.68 Å². The van der Waals surface area contributed by atoms with Crippen LogP contribution in [0.15, 0.2) is 59.9 Å². The van der Waals surface area contributed by atoms with E-state index in [1.807, 2.05) is 0 Å². The van der Waals surface area contributed by atoms with Crippen LogP contribution in [-0.2, 0) is 4.79 Å². The molecule has 2 aromatic heterocycles. The van der Waals surface area contributed by atoms with Gasteiger partial charge in [0, 0.05) is 10.7 Å². The molecule has 0 unspecified atom stereocenters. The summed E-state index contributed by atoms with van der Waals surface area (Å²) in [5, 5.41) is 12.1. The summed E-state index contributed by atoms with van der Waals surface area (Å²) in [5.74, 6) is -0.395. The van der Waals surface area contributed by atoms with Crippen molar-refractivity contribution in [1.29, 1.82) is 0 Å². The van der Waals surface area contributed by atoms with E-state index in [4.69, 9.17) is 11.6 Å². The molecule has 10 heteroatoms. The molecule has 1 amide bonds. The summed E-state index contributed by atoms with van der Waals surface area (Å²) in [6.45, 7) is 0. The third-order valence-electron chi connectivity index (χ3n) is 3.74. The van der Waals surface area contributed by atoms with Crippen molar-refractivity contribution < 1.29 is 9.18 Å². The number of anilines is 1. The van der Waals surface area contributed by atoms with Crippen molar-refractivity contribution in [2.45, 2.75) is 5.03 Å². The maximum Gasteiger partial charge on any atom is 0.234 e. The first-order valence-electron chi connectivity index (χ1n) is 8.11. The van der Waals surface area contributed by atoms with Gasteiger partial charge in [0.2, 0.25) is 5.91 Å². The van der Waals surface area contributed by atoms with E-state index in [0.29, 0.717) is 32.6 Å². The zero-order chi connectivity index (χ0) is 19.5. The molecule has 2 heterocycles. The number of thioether (sulfide) groups is 1. The number of rotatable bonds is 5. The Bertz CT molecular complexity index is 1130. The molecule has 0 radical (unpaired) electrons. The minimum Gasteiger partial charge on any atom is -0.325 e. The molecule has 0 aliphatic heterocycles. The third-order valence-corrected chi connectivity index (χ3v) is 4.97. The molecular weight excluding hydrogens is 403 g/mol. The molecule has 28 heavy (non-hydrogen) atoms. The predicted octanol–water partition coefficient (Wildman–Crippen LogP) is 3.73. The van der Waals surface area contributed by atoms with Crippen molar-refractivity contribution >= 4 is 46.1 Å². The normalized spacial score (nSPS) is 10.9. The van der Waals surface area contributed by atoms with E-state index < -0.39 is 0 Å². The Hall–Kier alpha value is -3.04. The minimum absolute atomic E-state index is 0.137. The minimum atomic E-state index is -0.342. The number of hydrogen-bond acceptors (Lipinski definition) is 6. The molecule has 4 rings (SSSR count).